The lowest BCUT2D eigenvalue weighted by Crippen LogP contribution is -2.42. The van der Waals surface area contributed by atoms with Crippen LogP contribution >= 0.6 is 0 Å². The molecule has 30 heavy (non-hydrogen) atoms. The summed E-state index contributed by atoms with van der Waals surface area (Å²) in [7, 11) is 4.70. The van der Waals surface area contributed by atoms with Crippen molar-refractivity contribution in [1.29, 1.82) is 0 Å². The number of carbonyl (C=O) groups excluding carboxylic acids is 1. The van der Waals surface area contributed by atoms with Crippen LogP contribution < -0.4 is 19.5 Å². The van der Waals surface area contributed by atoms with Gasteiger partial charge in [0.05, 0.1) is 27.9 Å². The SMILES string of the molecule is COc1cc(NC(=O)CN2CCC(CN3CCCCCC3)CC2)cc(OC)c1OC. The van der Waals surface area contributed by atoms with Crippen LogP contribution in [0.3, 0.4) is 0 Å². The number of hydrogen-bond acceptors (Lipinski definition) is 6. The number of rotatable bonds is 8. The molecule has 1 N–H and O–H groups in total. The highest BCUT2D eigenvalue weighted by Crippen LogP contribution is 2.39. The molecule has 3 rings (SSSR count). The van der Waals surface area contributed by atoms with Crippen LogP contribution in [-0.4, -0.2) is 76.3 Å². The molecule has 0 aromatic heterocycles. The molecule has 7 nitrogen and oxygen atoms in total. The van der Waals surface area contributed by atoms with E-state index >= 15 is 0 Å². The van der Waals surface area contributed by atoms with Crippen molar-refractivity contribution < 1.29 is 19.0 Å². The summed E-state index contributed by atoms with van der Waals surface area (Å²) >= 11 is 0. The molecule has 1 aromatic carbocycles. The summed E-state index contributed by atoms with van der Waals surface area (Å²) in [6.45, 7) is 6.13. The van der Waals surface area contributed by atoms with Crippen LogP contribution in [0.25, 0.3) is 0 Å². The van der Waals surface area contributed by atoms with Gasteiger partial charge in [-0.25, -0.2) is 0 Å². The Labute approximate surface area is 180 Å². The molecular formula is C23H37N3O4. The van der Waals surface area contributed by atoms with Gasteiger partial charge in [0, 0.05) is 24.4 Å². The van der Waals surface area contributed by atoms with Crippen LogP contribution in [0.15, 0.2) is 12.1 Å². The van der Waals surface area contributed by atoms with Gasteiger partial charge in [0.2, 0.25) is 11.7 Å². The molecule has 0 atom stereocenters. The number of carbonyl (C=O) groups is 1. The number of methoxy groups -OCH3 is 3. The zero-order valence-electron chi connectivity index (χ0n) is 18.7. The Morgan fingerprint density at radius 2 is 1.50 bits per heavy atom. The summed E-state index contributed by atoms with van der Waals surface area (Å²) in [5.74, 6) is 2.32. The lowest BCUT2D eigenvalue weighted by atomic mass is 9.96. The van der Waals surface area contributed by atoms with Gasteiger partial charge < -0.3 is 24.4 Å². The molecule has 1 aromatic rings. The van der Waals surface area contributed by atoms with Crippen LogP contribution in [0.1, 0.15) is 38.5 Å². The molecule has 2 saturated heterocycles. The molecule has 168 valence electrons. The zero-order chi connectivity index (χ0) is 21.3. The first-order valence-corrected chi connectivity index (χ1v) is 11.2. The highest BCUT2D eigenvalue weighted by atomic mass is 16.5. The van der Waals surface area contributed by atoms with E-state index in [9.17, 15) is 4.79 Å². The molecule has 2 aliphatic rings. The maximum atomic E-state index is 12.6. The van der Waals surface area contributed by atoms with Gasteiger partial charge in [0.1, 0.15) is 0 Å². The number of amides is 1. The largest absolute Gasteiger partial charge is 0.493 e. The summed E-state index contributed by atoms with van der Waals surface area (Å²) in [4.78, 5) is 17.5. The molecule has 2 aliphatic heterocycles. The highest BCUT2D eigenvalue weighted by molar-refractivity contribution is 5.93. The smallest absolute Gasteiger partial charge is 0.238 e. The van der Waals surface area contributed by atoms with Crippen LogP contribution in [0.4, 0.5) is 5.69 Å². The van der Waals surface area contributed by atoms with Gasteiger partial charge in [0.25, 0.3) is 0 Å². The van der Waals surface area contributed by atoms with Crippen molar-refractivity contribution in [2.24, 2.45) is 5.92 Å². The molecular weight excluding hydrogens is 382 g/mol. The lowest BCUT2D eigenvalue weighted by molar-refractivity contribution is -0.117. The maximum absolute atomic E-state index is 12.6. The fourth-order valence-corrected chi connectivity index (χ4v) is 4.57. The predicted molar refractivity (Wildman–Crippen MR) is 119 cm³/mol. The van der Waals surface area contributed by atoms with Crippen LogP contribution in [0, 0.1) is 5.92 Å². The van der Waals surface area contributed by atoms with Crippen LogP contribution in [0.2, 0.25) is 0 Å². The Kier molecular flexibility index (Phi) is 8.63. The van der Waals surface area contributed by atoms with Crippen molar-refractivity contribution in [2.75, 3.05) is 65.9 Å². The maximum Gasteiger partial charge on any atom is 0.238 e. The lowest BCUT2D eigenvalue weighted by Gasteiger charge is -2.34. The number of benzene rings is 1. The monoisotopic (exact) mass is 419 g/mol. The second-order valence-corrected chi connectivity index (χ2v) is 8.40. The summed E-state index contributed by atoms with van der Waals surface area (Å²) in [6, 6.07) is 3.51. The standard InChI is InChI=1S/C23H37N3O4/c1-28-20-14-19(15-21(29-2)23(20)30-3)24-22(27)17-26-12-8-18(9-13-26)16-25-10-6-4-5-7-11-25/h14-15,18H,4-13,16-17H2,1-3H3,(H,24,27). The van der Waals surface area contributed by atoms with E-state index in [1.165, 1.54) is 58.2 Å². The van der Waals surface area contributed by atoms with Crippen molar-refractivity contribution in [1.82, 2.24) is 9.80 Å². The molecule has 1 amide bonds. The van der Waals surface area contributed by atoms with E-state index in [2.05, 4.69) is 15.1 Å². The van der Waals surface area contributed by atoms with E-state index in [0.29, 0.717) is 29.5 Å². The summed E-state index contributed by atoms with van der Waals surface area (Å²) < 4.78 is 16.1. The molecule has 0 spiro atoms. The Hall–Kier alpha value is -1.99. The van der Waals surface area contributed by atoms with Crippen LogP contribution in [0.5, 0.6) is 17.2 Å². The second-order valence-electron chi connectivity index (χ2n) is 8.40. The van der Waals surface area contributed by atoms with E-state index in [4.69, 9.17) is 14.2 Å². The molecule has 2 heterocycles. The van der Waals surface area contributed by atoms with E-state index in [1.807, 2.05) is 0 Å². The molecule has 7 heteroatoms. The number of nitrogens with one attached hydrogen (secondary N) is 1. The summed E-state index contributed by atoms with van der Waals surface area (Å²) in [5, 5.41) is 2.97. The number of ether oxygens (including phenoxy) is 3. The van der Waals surface area contributed by atoms with Crippen molar-refractivity contribution in [3.63, 3.8) is 0 Å². The fourth-order valence-electron chi connectivity index (χ4n) is 4.57. The van der Waals surface area contributed by atoms with E-state index < -0.39 is 0 Å². The molecule has 0 unspecified atom stereocenters. The van der Waals surface area contributed by atoms with Gasteiger partial charge >= 0.3 is 0 Å². The van der Waals surface area contributed by atoms with Crippen molar-refractivity contribution in [3.8, 4) is 17.2 Å². The van der Waals surface area contributed by atoms with Crippen molar-refractivity contribution in [2.45, 2.75) is 38.5 Å². The first kappa shape index (κ1) is 22.7. The third kappa shape index (κ3) is 6.25. The van der Waals surface area contributed by atoms with Gasteiger partial charge in [-0.15, -0.1) is 0 Å². The molecule has 0 radical (unpaired) electrons. The minimum absolute atomic E-state index is 0.0183. The van der Waals surface area contributed by atoms with Gasteiger partial charge in [-0.05, 0) is 57.8 Å². The first-order valence-electron chi connectivity index (χ1n) is 11.2. The summed E-state index contributed by atoms with van der Waals surface area (Å²) in [6.07, 6.45) is 7.81. The second kappa shape index (κ2) is 11.4. The third-order valence-electron chi connectivity index (χ3n) is 6.24. The Bertz CT molecular complexity index is 656. The minimum atomic E-state index is -0.0183. The Balaban J connectivity index is 1.47. The van der Waals surface area contributed by atoms with E-state index in [1.54, 1.807) is 33.5 Å². The first-order chi connectivity index (χ1) is 14.6. The van der Waals surface area contributed by atoms with Gasteiger partial charge in [-0.2, -0.15) is 0 Å². The minimum Gasteiger partial charge on any atom is -0.493 e. The van der Waals surface area contributed by atoms with Gasteiger partial charge in [-0.1, -0.05) is 12.8 Å². The summed E-state index contributed by atoms with van der Waals surface area (Å²) in [5.41, 5.74) is 0.644. The van der Waals surface area contributed by atoms with E-state index in [0.717, 1.165) is 19.0 Å². The van der Waals surface area contributed by atoms with Crippen molar-refractivity contribution >= 4 is 11.6 Å². The number of hydrogen-bond donors (Lipinski definition) is 1. The Morgan fingerprint density at radius 1 is 0.900 bits per heavy atom. The number of nitrogens with zero attached hydrogens (tertiary/aromatic N) is 2. The third-order valence-corrected chi connectivity index (χ3v) is 6.24. The number of piperidine rings is 1. The van der Waals surface area contributed by atoms with Crippen molar-refractivity contribution in [3.05, 3.63) is 12.1 Å². The van der Waals surface area contributed by atoms with Gasteiger partial charge in [-0.3, -0.25) is 9.69 Å². The Morgan fingerprint density at radius 3 is 2.03 bits per heavy atom. The van der Waals surface area contributed by atoms with E-state index in [-0.39, 0.29) is 5.91 Å². The quantitative estimate of drug-likeness (QED) is 0.698. The average Bonchev–Trinajstić information content (AvgIpc) is 3.03. The molecule has 0 bridgehead atoms. The average molecular weight is 420 g/mol. The topological polar surface area (TPSA) is 63.3 Å². The highest BCUT2D eigenvalue weighted by Gasteiger charge is 2.23. The van der Waals surface area contributed by atoms with Gasteiger partial charge in [0.15, 0.2) is 11.5 Å². The van der Waals surface area contributed by atoms with Crippen LogP contribution in [-0.2, 0) is 4.79 Å². The molecule has 0 aliphatic carbocycles. The molecule has 2 fully saturated rings. The predicted octanol–water partition coefficient (Wildman–Crippen LogP) is 3.24. The normalized spacial score (nSPS) is 19.2. The number of anilines is 1. The number of likely N-dealkylation sites (tertiary alicyclic amines) is 2. The zero-order valence-corrected chi connectivity index (χ0v) is 18.7. The fraction of sp³-hybridized carbons (Fsp3) is 0.696. The molecule has 0 saturated carbocycles.